The van der Waals surface area contributed by atoms with Crippen LogP contribution in [0.1, 0.15) is 19.4 Å². The van der Waals surface area contributed by atoms with Gasteiger partial charge in [0.15, 0.2) is 6.61 Å². The van der Waals surface area contributed by atoms with Gasteiger partial charge in [-0.05, 0) is 49.2 Å². The lowest BCUT2D eigenvalue weighted by Crippen LogP contribution is -2.50. The second kappa shape index (κ2) is 15.3. The summed E-state index contributed by atoms with van der Waals surface area (Å²) in [6.07, 6.45) is 1.68. The number of hydrogen-bond donors (Lipinski definition) is 3. The Morgan fingerprint density at radius 1 is 1.14 bits per heavy atom. The van der Waals surface area contributed by atoms with Gasteiger partial charge in [-0.15, -0.1) is 6.58 Å². The number of benzene rings is 2. The van der Waals surface area contributed by atoms with Gasteiger partial charge in [0.05, 0.1) is 5.69 Å². The molecule has 37 heavy (non-hydrogen) atoms. The summed E-state index contributed by atoms with van der Waals surface area (Å²) in [6.45, 7) is 6.53. The van der Waals surface area contributed by atoms with Crippen molar-refractivity contribution in [2.45, 2.75) is 26.5 Å². The maximum atomic E-state index is 13.0. The van der Waals surface area contributed by atoms with Crippen LogP contribution in [0.25, 0.3) is 0 Å². The van der Waals surface area contributed by atoms with Crippen LogP contribution in [0.2, 0.25) is 0 Å². The topological polar surface area (TPSA) is 140 Å². The molecule has 11 heteroatoms. The number of hydrogen-bond acceptors (Lipinski definition) is 9. The number of nitrogens with one attached hydrogen (secondary N) is 2. The molecular weight excluding hydrogens is 498 g/mol. The summed E-state index contributed by atoms with van der Waals surface area (Å²) in [4.78, 5) is 38.2. The molecule has 0 aliphatic heterocycles. The van der Waals surface area contributed by atoms with Crippen LogP contribution in [0, 0.1) is 5.21 Å². The molecular formula is C26H30N3O7S-. The molecule has 0 fully saturated rings. The Balaban J connectivity index is 2.00. The average molecular weight is 529 g/mol. The predicted molar refractivity (Wildman–Crippen MR) is 142 cm³/mol. The molecule has 1 unspecified atom stereocenters. The maximum absolute atomic E-state index is 13.0. The Labute approximate surface area is 219 Å². The molecule has 0 radical (unpaired) electrons. The molecule has 2 amide bonds. The van der Waals surface area contributed by atoms with Crippen molar-refractivity contribution < 1.29 is 29.1 Å². The van der Waals surface area contributed by atoms with Crippen LogP contribution in [-0.4, -0.2) is 47.1 Å². The van der Waals surface area contributed by atoms with Crippen LogP contribution in [0.5, 0.6) is 5.75 Å². The summed E-state index contributed by atoms with van der Waals surface area (Å²) in [5, 5.41) is 24.7. The van der Waals surface area contributed by atoms with E-state index in [1.165, 1.54) is 36.0 Å². The Bertz CT molecular complexity index is 1090. The molecule has 198 valence electrons. The minimum absolute atomic E-state index is 0.0314. The monoisotopic (exact) mass is 528 g/mol. The van der Waals surface area contributed by atoms with Crippen molar-refractivity contribution in [2.75, 3.05) is 23.3 Å². The molecule has 10 nitrogen and oxygen atoms in total. The molecule has 2 rings (SSSR count). The molecule has 0 bridgehead atoms. The molecule has 2 aromatic rings. The van der Waals surface area contributed by atoms with E-state index in [9.17, 15) is 19.6 Å². The van der Waals surface area contributed by atoms with Crippen molar-refractivity contribution in [3.05, 3.63) is 89.3 Å². The number of thioether (sulfide) groups is 1. The molecule has 0 aliphatic rings. The fourth-order valence-electron chi connectivity index (χ4n) is 2.88. The number of nitrogens with zero attached hydrogens (tertiary/aromatic N) is 1. The molecule has 0 spiro atoms. The number of ether oxygens (including phenoxy) is 2. The summed E-state index contributed by atoms with van der Waals surface area (Å²) in [5.74, 6) is -0.509. The summed E-state index contributed by atoms with van der Waals surface area (Å²) in [7, 11) is 0. The van der Waals surface area contributed by atoms with Crippen LogP contribution in [0.4, 0.5) is 5.69 Å². The first kappa shape index (κ1) is 29.4. The van der Waals surface area contributed by atoms with Gasteiger partial charge in [0.25, 0.3) is 5.91 Å². The van der Waals surface area contributed by atoms with Crippen LogP contribution in [0.15, 0.2) is 78.5 Å². The van der Waals surface area contributed by atoms with E-state index in [0.717, 1.165) is 0 Å². The molecule has 2 aromatic carbocycles. The predicted octanol–water partition coefficient (Wildman–Crippen LogP) is 3.32. The number of amides is 2. The smallest absolute Gasteiger partial charge is 0.355 e. The highest BCUT2D eigenvalue weighted by molar-refractivity contribution is 7.99. The minimum atomic E-state index is -0.944. The molecule has 3 N–H and O–H groups in total. The molecule has 0 heterocycles. The van der Waals surface area contributed by atoms with Crippen molar-refractivity contribution in [3.63, 3.8) is 0 Å². The number of allylic oxidation sites excluding steroid dienone is 1. The highest BCUT2D eigenvalue weighted by Crippen LogP contribution is 2.14. The Morgan fingerprint density at radius 2 is 1.81 bits per heavy atom. The molecule has 1 atom stereocenters. The fraction of sp³-hybridized carbons (Fsp3) is 0.269. The third kappa shape index (κ3) is 10.4. The molecule has 0 saturated heterocycles. The quantitative estimate of drug-likeness (QED) is 0.111. The van der Waals surface area contributed by atoms with Crippen LogP contribution >= 0.6 is 11.8 Å². The highest BCUT2D eigenvalue weighted by Gasteiger charge is 2.25. The number of esters is 1. The molecule has 0 saturated carbocycles. The van der Waals surface area contributed by atoms with Gasteiger partial charge in [-0.1, -0.05) is 36.4 Å². The van der Waals surface area contributed by atoms with E-state index in [-0.39, 0.29) is 35.6 Å². The maximum Gasteiger partial charge on any atom is 0.355 e. The largest absolute Gasteiger partial charge is 0.733 e. The number of carbonyl (C=O) groups excluding carboxylic acids is 3. The van der Waals surface area contributed by atoms with Gasteiger partial charge in [-0.25, -0.2) is 4.79 Å². The normalized spacial score (nSPS) is 11.0. The first-order valence-corrected chi connectivity index (χ1v) is 12.4. The van der Waals surface area contributed by atoms with E-state index in [1.807, 2.05) is 6.07 Å². The van der Waals surface area contributed by atoms with Crippen molar-refractivity contribution in [3.8, 4) is 5.75 Å². The van der Waals surface area contributed by atoms with Gasteiger partial charge < -0.3 is 30.5 Å². The van der Waals surface area contributed by atoms with Crippen molar-refractivity contribution in [2.24, 2.45) is 0 Å². The number of rotatable bonds is 14. The average Bonchev–Trinajstić information content (AvgIpc) is 2.89. The Hall–Kier alpha value is -3.80. The second-order valence-corrected chi connectivity index (χ2v) is 9.00. The van der Waals surface area contributed by atoms with Gasteiger partial charge in [0, 0.05) is 11.5 Å². The van der Waals surface area contributed by atoms with E-state index in [2.05, 4.69) is 17.2 Å². The van der Waals surface area contributed by atoms with Crippen LogP contribution < -0.4 is 20.6 Å². The highest BCUT2D eigenvalue weighted by atomic mass is 32.2. The third-order valence-corrected chi connectivity index (χ3v) is 5.80. The molecule has 0 aliphatic carbocycles. The van der Waals surface area contributed by atoms with Gasteiger partial charge in [-0.3, -0.25) is 14.8 Å². The first-order chi connectivity index (χ1) is 17.7. The summed E-state index contributed by atoms with van der Waals surface area (Å²) >= 11 is 1.39. The van der Waals surface area contributed by atoms with Gasteiger partial charge >= 0.3 is 5.97 Å². The van der Waals surface area contributed by atoms with Crippen molar-refractivity contribution in [1.82, 2.24) is 10.6 Å². The van der Waals surface area contributed by atoms with E-state index in [4.69, 9.17) is 14.7 Å². The number of para-hydroxylation sites is 1. The lowest BCUT2D eigenvalue weighted by atomic mass is 10.2. The van der Waals surface area contributed by atoms with Gasteiger partial charge in [0.2, 0.25) is 5.91 Å². The van der Waals surface area contributed by atoms with E-state index in [0.29, 0.717) is 22.6 Å². The third-order valence-electron chi connectivity index (χ3n) is 4.76. The summed E-state index contributed by atoms with van der Waals surface area (Å²) in [5.41, 5.74) is 1.06. The zero-order valence-electron chi connectivity index (χ0n) is 20.6. The van der Waals surface area contributed by atoms with E-state index >= 15 is 0 Å². The lowest BCUT2D eigenvalue weighted by molar-refractivity contribution is -0.142. The fourth-order valence-corrected chi connectivity index (χ4v) is 3.66. The second-order valence-electron chi connectivity index (χ2n) is 7.93. The number of anilines is 1. The first-order valence-electron chi connectivity index (χ1n) is 11.3. The van der Waals surface area contributed by atoms with Crippen molar-refractivity contribution in [1.29, 1.82) is 0 Å². The van der Waals surface area contributed by atoms with Crippen LogP contribution in [0.3, 0.4) is 0 Å². The van der Waals surface area contributed by atoms with Gasteiger partial charge in [0.1, 0.15) is 24.1 Å². The minimum Gasteiger partial charge on any atom is -0.733 e. The molecule has 0 aromatic heterocycles. The Kier molecular flexibility index (Phi) is 12.2. The summed E-state index contributed by atoms with van der Waals surface area (Å²) in [6, 6.07) is 13.6. The standard InChI is InChI=1S/C26H30N3O7S/c1-4-14-37-17-22(27-23(30)16-35-21-8-6-5-7-9-21)25(31)28-24(18(2)3)26(32)36-15-19-10-12-20(13-11-19)29(33)34/h4-13,22,33H,1,14-17H2,2-3H3,(H,27,30)(H,28,31)/q-1. The van der Waals surface area contributed by atoms with E-state index in [1.54, 1.807) is 44.2 Å². The zero-order chi connectivity index (χ0) is 27.2. The zero-order valence-corrected chi connectivity index (χ0v) is 21.5. The Morgan fingerprint density at radius 3 is 2.41 bits per heavy atom. The van der Waals surface area contributed by atoms with Crippen LogP contribution in [-0.2, 0) is 25.7 Å². The van der Waals surface area contributed by atoms with E-state index < -0.39 is 23.8 Å². The number of carbonyl (C=O) groups is 3. The van der Waals surface area contributed by atoms with Crippen molar-refractivity contribution >= 4 is 35.2 Å². The lowest BCUT2D eigenvalue weighted by Gasteiger charge is -2.21. The SMILES string of the molecule is C=CCSCC(NC(=O)COc1ccccc1)C(=O)NC(C(=O)OCc1ccc(N([O-])O)cc1)=C(C)C. The summed E-state index contributed by atoms with van der Waals surface area (Å²) < 4.78 is 10.8. The van der Waals surface area contributed by atoms with Gasteiger partial charge in [-0.2, -0.15) is 11.8 Å².